The summed E-state index contributed by atoms with van der Waals surface area (Å²) in [6.07, 6.45) is -0.591. The highest BCUT2D eigenvalue weighted by Gasteiger charge is 2.35. The highest BCUT2D eigenvalue weighted by Crippen LogP contribution is 2.36. The number of likely N-dealkylation sites (N-methyl/N-ethyl adjacent to an activating group) is 1. The summed E-state index contributed by atoms with van der Waals surface area (Å²) in [6.45, 7) is 4.02. The Labute approximate surface area is 272 Å². The summed E-state index contributed by atoms with van der Waals surface area (Å²) in [5, 5.41) is 20.5. The number of rotatable bonds is 7. The molecule has 2 aliphatic heterocycles. The van der Waals surface area contributed by atoms with Crippen LogP contribution < -0.4 is 30.2 Å². The number of hydrogen-bond donors (Lipinski definition) is 4. The normalized spacial score (nSPS) is 17.5. The molecule has 2 aliphatic rings. The second-order valence-corrected chi connectivity index (χ2v) is 11.8. The molecule has 0 aromatic heterocycles. The van der Waals surface area contributed by atoms with Crippen molar-refractivity contribution in [2.45, 2.75) is 26.0 Å². The van der Waals surface area contributed by atoms with Gasteiger partial charge in [-0.2, -0.15) is 0 Å². The van der Waals surface area contributed by atoms with E-state index in [9.17, 15) is 19.5 Å². The van der Waals surface area contributed by atoms with Crippen molar-refractivity contribution >= 4 is 45.8 Å². The summed E-state index contributed by atoms with van der Waals surface area (Å²) < 4.78 is 17.3. The van der Waals surface area contributed by atoms with E-state index in [2.05, 4.69) is 16.0 Å². The van der Waals surface area contributed by atoms with Gasteiger partial charge in [-0.05, 0) is 42.6 Å². The molecule has 0 bridgehead atoms. The zero-order chi connectivity index (χ0) is 33.1. The molecule has 0 saturated heterocycles. The van der Waals surface area contributed by atoms with Crippen molar-refractivity contribution in [2.24, 2.45) is 5.92 Å². The lowest BCUT2D eigenvalue weighted by Gasteiger charge is -2.38. The molecule has 244 valence electrons. The van der Waals surface area contributed by atoms with Crippen LogP contribution in [0.2, 0.25) is 0 Å². The first kappa shape index (κ1) is 31.5. The number of fused-ring (bicyclic) bond motifs is 3. The third-order valence-corrected chi connectivity index (χ3v) is 8.40. The van der Waals surface area contributed by atoms with Crippen molar-refractivity contribution in [1.82, 2.24) is 9.80 Å². The van der Waals surface area contributed by atoms with E-state index in [4.69, 9.17) is 14.2 Å². The summed E-state index contributed by atoms with van der Waals surface area (Å²) >= 11 is 0. The van der Waals surface area contributed by atoms with Gasteiger partial charge >= 0.3 is 12.1 Å². The van der Waals surface area contributed by atoms with E-state index in [0.717, 1.165) is 10.8 Å². The van der Waals surface area contributed by atoms with Crippen LogP contribution >= 0.6 is 0 Å². The van der Waals surface area contributed by atoms with Gasteiger partial charge in [-0.25, -0.2) is 9.59 Å². The predicted octanol–water partition coefficient (Wildman–Crippen LogP) is 5.60. The molecule has 5 amide bonds. The van der Waals surface area contributed by atoms with Crippen molar-refractivity contribution in [1.29, 1.82) is 0 Å². The molecule has 0 saturated carbocycles. The first-order chi connectivity index (χ1) is 22.7. The average molecular weight is 640 g/mol. The van der Waals surface area contributed by atoms with Gasteiger partial charge in [0.1, 0.15) is 6.10 Å². The number of aliphatic hydroxyl groups excluding tert-OH is 1. The zero-order valence-corrected chi connectivity index (χ0v) is 26.4. The van der Waals surface area contributed by atoms with Gasteiger partial charge in [0.15, 0.2) is 17.2 Å². The van der Waals surface area contributed by atoms with Crippen molar-refractivity contribution in [3.63, 3.8) is 0 Å². The van der Waals surface area contributed by atoms with E-state index in [1.54, 1.807) is 55.3 Å². The molecule has 0 aliphatic carbocycles. The maximum Gasteiger partial charge on any atom is 0.323 e. The minimum Gasteiger partial charge on any atom is -0.485 e. The molecule has 6 rings (SSSR count). The van der Waals surface area contributed by atoms with Gasteiger partial charge in [0.2, 0.25) is 6.79 Å². The number of nitrogens with zero attached hydrogens (tertiary/aromatic N) is 2. The van der Waals surface area contributed by atoms with Crippen molar-refractivity contribution in [3.05, 3.63) is 84.4 Å². The Bertz CT molecular complexity index is 1810. The fraction of sp³-hybridized carbons (Fsp3) is 0.286. The molecule has 2 heterocycles. The van der Waals surface area contributed by atoms with Crippen LogP contribution in [0, 0.1) is 5.92 Å². The second-order valence-electron chi connectivity index (χ2n) is 11.8. The van der Waals surface area contributed by atoms with E-state index in [1.165, 1.54) is 4.90 Å². The quantitative estimate of drug-likeness (QED) is 0.206. The SMILES string of the molecule is C[C@H](CO)N1C[C@H](C)[C@H](CN(C)C(=O)Nc2ccc3c(c2)OCO3)Oc2c(NC(=O)Nc3cccc4ccccc34)cccc2C1=O. The Hall–Kier alpha value is -5.49. The van der Waals surface area contributed by atoms with Crippen molar-refractivity contribution in [2.75, 3.05) is 49.5 Å². The first-order valence-electron chi connectivity index (χ1n) is 15.4. The summed E-state index contributed by atoms with van der Waals surface area (Å²) in [7, 11) is 1.65. The lowest BCUT2D eigenvalue weighted by molar-refractivity contribution is 0.0373. The van der Waals surface area contributed by atoms with Crippen LogP contribution in [-0.4, -0.2) is 78.6 Å². The standard InChI is InChI=1S/C35H37N5O7/c1-21-17-40(22(2)19-41)33(42)26-11-7-13-28(38-34(43)37-27-12-6-9-23-8-4-5-10-25(23)27)32(26)47-31(21)18-39(3)35(44)36-24-14-15-29-30(16-24)46-20-45-29/h4-16,21-22,31,41H,17-20H2,1-3H3,(H,36,44)(H2,37,38,43)/t21-,22+,31-/m0/s1. The molecular weight excluding hydrogens is 602 g/mol. The number of amides is 5. The fourth-order valence-corrected chi connectivity index (χ4v) is 5.72. The van der Waals surface area contributed by atoms with Crippen LogP contribution in [-0.2, 0) is 0 Å². The number of benzene rings is 4. The number of hydrogen-bond acceptors (Lipinski definition) is 7. The number of ether oxygens (including phenoxy) is 3. The number of urea groups is 2. The number of anilines is 3. The van der Waals surface area contributed by atoms with Crippen LogP contribution in [0.15, 0.2) is 78.9 Å². The molecule has 47 heavy (non-hydrogen) atoms. The number of carbonyl (C=O) groups excluding carboxylic acids is 3. The smallest absolute Gasteiger partial charge is 0.323 e. The molecule has 0 fully saturated rings. The largest absolute Gasteiger partial charge is 0.485 e. The number of nitrogens with one attached hydrogen (secondary N) is 3. The van der Waals surface area contributed by atoms with Gasteiger partial charge < -0.3 is 45.1 Å². The number of carbonyl (C=O) groups is 3. The molecule has 4 aromatic rings. The molecule has 12 heteroatoms. The first-order valence-corrected chi connectivity index (χ1v) is 15.4. The Kier molecular flexibility index (Phi) is 9.03. The Morgan fingerprint density at radius 3 is 2.51 bits per heavy atom. The summed E-state index contributed by atoms with van der Waals surface area (Å²) in [6, 6.07) is 22.1. The van der Waals surface area contributed by atoms with E-state index in [0.29, 0.717) is 22.9 Å². The number of para-hydroxylation sites is 1. The predicted molar refractivity (Wildman–Crippen MR) is 178 cm³/mol. The summed E-state index contributed by atoms with van der Waals surface area (Å²) in [4.78, 5) is 43.6. The molecule has 0 radical (unpaired) electrons. The molecular formula is C35H37N5O7. The molecule has 4 aromatic carbocycles. The number of aliphatic hydroxyl groups is 1. The van der Waals surface area contributed by atoms with Gasteiger partial charge in [0, 0.05) is 36.7 Å². The average Bonchev–Trinajstić information content (AvgIpc) is 3.54. The summed E-state index contributed by atoms with van der Waals surface area (Å²) in [5.41, 5.74) is 1.69. The van der Waals surface area contributed by atoms with Crippen LogP contribution in [0.25, 0.3) is 10.8 Å². The monoisotopic (exact) mass is 639 g/mol. The highest BCUT2D eigenvalue weighted by atomic mass is 16.7. The van der Waals surface area contributed by atoms with Crippen LogP contribution in [0.4, 0.5) is 26.7 Å². The molecule has 12 nitrogen and oxygen atoms in total. The van der Waals surface area contributed by atoms with E-state index >= 15 is 0 Å². The van der Waals surface area contributed by atoms with Crippen molar-refractivity contribution < 1.29 is 33.7 Å². The zero-order valence-electron chi connectivity index (χ0n) is 26.4. The van der Waals surface area contributed by atoms with Crippen LogP contribution in [0.5, 0.6) is 17.2 Å². The van der Waals surface area contributed by atoms with Gasteiger partial charge in [0.05, 0.1) is 36.1 Å². The van der Waals surface area contributed by atoms with Gasteiger partial charge in [-0.1, -0.05) is 49.4 Å². The van der Waals surface area contributed by atoms with Crippen molar-refractivity contribution in [3.8, 4) is 17.2 Å². The lowest BCUT2D eigenvalue weighted by atomic mass is 9.99. The van der Waals surface area contributed by atoms with E-state index < -0.39 is 18.2 Å². The Morgan fingerprint density at radius 2 is 1.68 bits per heavy atom. The van der Waals surface area contributed by atoms with Gasteiger partial charge in [-0.15, -0.1) is 0 Å². The third kappa shape index (κ3) is 6.73. The summed E-state index contributed by atoms with van der Waals surface area (Å²) in [5.74, 6) is 0.740. The van der Waals surface area contributed by atoms with E-state index in [1.807, 2.05) is 49.4 Å². The minimum atomic E-state index is -0.591. The fourth-order valence-electron chi connectivity index (χ4n) is 5.72. The third-order valence-electron chi connectivity index (χ3n) is 8.40. The van der Waals surface area contributed by atoms with Crippen LogP contribution in [0.1, 0.15) is 24.2 Å². The Balaban J connectivity index is 1.25. The minimum absolute atomic E-state index is 0.126. The maximum absolute atomic E-state index is 13.8. The topological polar surface area (TPSA) is 142 Å². The Morgan fingerprint density at radius 1 is 0.957 bits per heavy atom. The molecule has 0 unspecified atom stereocenters. The van der Waals surface area contributed by atoms with Gasteiger partial charge in [0.25, 0.3) is 5.91 Å². The molecule has 0 spiro atoms. The second kappa shape index (κ2) is 13.5. The lowest BCUT2D eigenvalue weighted by Crippen LogP contribution is -2.50. The van der Waals surface area contributed by atoms with Crippen LogP contribution in [0.3, 0.4) is 0 Å². The van der Waals surface area contributed by atoms with Gasteiger partial charge in [-0.3, -0.25) is 4.79 Å². The van der Waals surface area contributed by atoms with E-state index in [-0.39, 0.29) is 61.3 Å². The maximum atomic E-state index is 13.8. The highest BCUT2D eigenvalue weighted by molar-refractivity contribution is 6.08. The molecule has 4 N–H and O–H groups in total. The molecule has 3 atom stereocenters.